The van der Waals surface area contributed by atoms with E-state index in [1.165, 1.54) is 7.11 Å². The second-order valence-corrected chi connectivity index (χ2v) is 5.73. The van der Waals surface area contributed by atoms with E-state index in [1.54, 1.807) is 0 Å². The van der Waals surface area contributed by atoms with Crippen LogP contribution in [0.2, 0.25) is 0 Å². The monoisotopic (exact) mass is 326 g/mol. The van der Waals surface area contributed by atoms with Gasteiger partial charge in [-0.05, 0) is 25.5 Å². The molecular weight excluding hydrogens is 304 g/mol. The van der Waals surface area contributed by atoms with Crippen LogP contribution in [-0.4, -0.2) is 38.1 Å². The molecule has 1 saturated heterocycles. The fraction of sp³-hybridized carbons (Fsp3) is 0.500. The quantitative estimate of drug-likeness (QED) is 0.801. The Balaban J connectivity index is 0.00000242. The third-order valence-corrected chi connectivity index (χ3v) is 3.99. The molecule has 1 heterocycles. The van der Waals surface area contributed by atoms with Crippen LogP contribution in [-0.2, 0) is 20.7 Å². The Labute approximate surface area is 137 Å². The Kier molecular flexibility index (Phi) is 6.84. The minimum atomic E-state index is -0.651. The molecule has 1 aliphatic heterocycles. The van der Waals surface area contributed by atoms with Gasteiger partial charge in [0.25, 0.3) is 0 Å². The van der Waals surface area contributed by atoms with E-state index in [0.29, 0.717) is 13.0 Å². The molecular formula is C16H23ClN2O3. The fourth-order valence-corrected chi connectivity index (χ4v) is 2.53. The van der Waals surface area contributed by atoms with Crippen molar-refractivity contribution >= 4 is 24.3 Å². The lowest BCUT2D eigenvalue weighted by atomic mass is 9.88. The number of nitrogens with one attached hydrogen (secondary N) is 2. The largest absolute Gasteiger partial charge is 0.467 e. The van der Waals surface area contributed by atoms with Crippen molar-refractivity contribution in [2.24, 2.45) is 5.41 Å². The molecule has 22 heavy (non-hydrogen) atoms. The first-order valence-electron chi connectivity index (χ1n) is 7.18. The molecule has 122 valence electrons. The summed E-state index contributed by atoms with van der Waals surface area (Å²) >= 11 is 0. The van der Waals surface area contributed by atoms with Crippen molar-refractivity contribution in [1.29, 1.82) is 0 Å². The molecule has 1 fully saturated rings. The van der Waals surface area contributed by atoms with Crippen molar-refractivity contribution in [3.05, 3.63) is 35.9 Å². The van der Waals surface area contributed by atoms with Gasteiger partial charge in [0.2, 0.25) is 5.91 Å². The van der Waals surface area contributed by atoms with E-state index in [-0.39, 0.29) is 18.3 Å². The molecule has 5 nitrogen and oxygen atoms in total. The van der Waals surface area contributed by atoms with E-state index in [4.69, 9.17) is 4.74 Å². The van der Waals surface area contributed by atoms with Gasteiger partial charge in [-0.1, -0.05) is 30.3 Å². The van der Waals surface area contributed by atoms with Gasteiger partial charge in [-0.25, -0.2) is 4.79 Å². The third-order valence-electron chi connectivity index (χ3n) is 3.99. The smallest absolute Gasteiger partial charge is 0.328 e. The van der Waals surface area contributed by atoms with E-state index in [9.17, 15) is 9.59 Å². The summed E-state index contributed by atoms with van der Waals surface area (Å²) in [7, 11) is 1.34. The summed E-state index contributed by atoms with van der Waals surface area (Å²) in [6.07, 6.45) is 1.21. The van der Waals surface area contributed by atoms with Crippen molar-refractivity contribution < 1.29 is 14.3 Å². The second kappa shape index (κ2) is 8.15. The summed E-state index contributed by atoms with van der Waals surface area (Å²) in [5.74, 6) is -0.513. The Morgan fingerprint density at radius 1 is 1.36 bits per heavy atom. The number of halogens is 1. The van der Waals surface area contributed by atoms with Crippen LogP contribution in [0, 0.1) is 5.41 Å². The molecule has 2 rings (SSSR count). The Morgan fingerprint density at radius 3 is 2.59 bits per heavy atom. The highest BCUT2D eigenvalue weighted by atomic mass is 35.5. The highest BCUT2D eigenvalue weighted by molar-refractivity contribution is 5.88. The molecule has 6 heteroatoms. The van der Waals surface area contributed by atoms with Crippen molar-refractivity contribution in [1.82, 2.24) is 10.6 Å². The number of hydrogen-bond donors (Lipinski definition) is 2. The lowest BCUT2D eigenvalue weighted by molar-refractivity contribution is -0.146. The maximum absolute atomic E-state index is 12.4. The molecule has 1 aromatic rings. The van der Waals surface area contributed by atoms with Gasteiger partial charge < -0.3 is 15.4 Å². The van der Waals surface area contributed by atoms with E-state index < -0.39 is 17.4 Å². The lowest BCUT2D eigenvalue weighted by Gasteiger charge is -2.25. The minimum Gasteiger partial charge on any atom is -0.467 e. The maximum atomic E-state index is 12.4. The van der Waals surface area contributed by atoms with Crippen LogP contribution in [0.5, 0.6) is 0 Å². The van der Waals surface area contributed by atoms with Crippen LogP contribution in [0.4, 0.5) is 0 Å². The number of esters is 1. The first-order valence-corrected chi connectivity index (χ1v) is 7.18. The third kappa shape index (κ3) is 4.45. The summed E-state index contributed by atoms with van der Waals surface area (Å²) in [6.45, 7) is 3.38. The summed E-state index contributed by atoms with van der Waals surface area (Å²) < 4.78 is 4.81. The maximum Gasteiger partial charge on any atom is 0.328 e. The number of carbonyl (C=O) groups is 2. The lowest BCUT2D eigenvalue weighted by Crippen LogP contribution is -2.49. The molecule has 0 aliphatic carbocycles. The SMILES string of the molecule is COC(=O)C(Cc1ccccc1)NC(=O)C1(C)CCNC1.Cl. The normalized spacial score (nSPS) is 21.5. The number of rotatable bonds is 5. The van der Waals surface area contributed by atoms with Gasteiger partial charge >= 0.3 is 5.97 Å². The predicted octanol–water partition coefficient (Wildman–Crippen LogP) is 1.31. The van der Waals surface area contributed by atoms with Gasteiger partial charge in [0.15, 0.2) is 0 Å². The van der Waals surface area contributed by atoms with E-state index >= 15 is 0 Å². The highest BCUT2D eigenvalue weighted by Crippen LogP contribution is 2.24. The fourth-order valence-electron chi connectivity index (χ4n) is 2.53. The summed E-state index contributed by atoms with van der Waals surface area (Å²) in [5.41, 5.74) is 0.533. The Morgan fingerprint density at radius 2 is 2.05 bits per heavy atom. The molecule has 0 radical (unpaired) electrons. The molecule has 2 N–H and O–H groups in total. The number of benzene rings is 1. The second-order valence-electron chi connectivity index (χ2n) is 5.73. The molecule has 2 unspecified atom stereocenters. The van der Waals surface area contributed by atoms with Crippen molar-refractivity contribution in [3.8, 4) is 0 Å². The van der Waals surface area contributed by atoms with Gasteiger partial charge in [0, 0.05) is 13.0 Å². The first-order chi connectivity index (χ1) is 10.0. The number of methoxy groups -OCH3 is 1. The molecule has 2 atom stereocenters. The van der Waals surface area contributed by atoms with E-state index in [2.05, 4.69) is 10.6 Å². The molecule has 0 saturated carbocycles. The van der Waals surface area contributed by atoms with Gasteiger partial charge in [-0.15, -0.1) is 12.4 Å². The highest BCUT2D eigenvalue weighted by Gasteiger charge is 2.38. The summed E-state index contributed by atoms with van der Waals surface area (Å²) in [6, 6.07) is 8.95. The summed E-state index contributed by atoms with van der Waals surface area (Å²) in [5, 5.41) is 6.03. The molecule has 0 aromatic heterocycles. The van der Waals surface area contributed by atoms with Crippen LogP contribution < -0.4 is 10.6 Å². The van der Waals surface area contributed by atoms with Crippen LogP contribution in [0.15, 0.2) is 30.3 Å². The average molecular weight is 327 g/mol. The molecule has 1 aliphatic rings. The van der Waals surface area contributed by atoms with E-state index in [1.807, 2.05) is 37.3 Å². The van der Waals surface area contributed by atoms with Gasteiger partial charge in [0.05, 0.1) is 12.5 Å². The standard InChI is InChI=1S/C16H22N2O3.ClH/c1-16(8-9-17-11-16)15(20)18-13(14(19)21-2)10-12-6-4-3-5-7-12;/h3-7,13,17H,8-11H2,1-2H3,(H,18,20);1H. The molecule has 0 spiro atoms. The van der Waals surface area contributed by atoms with Crippen molar-refractivity contribution in [2.45, 2.75) is 25.8 Å². The Hall–Kier alpha value is -1.59. The Bertz CT molecular complexity index is 501. The molecule has 1 aromatic carbocycles. The zero-order valence-electron chi connectivity index (χ0n) is 12.9. The van der Waals surface area contributed by atoms with Crippen LogP contribution in [0.3, 0.4) is 0 Å². The number of amides is 1. The van der Waals surface area contributed by atoms with Gasteiger partial charge in [0.1, 0.15) is 6.04 Å². The number of carbonyl (C=O) groups excluding carboxylic acids is 2. The predicted molar refractivity (Wildman–Crippen MR) is 86.9 cm³/mol. The zero-order valence-corrected chi connectivity index (χ0v) is 13.7. The van der Waals surface area contributed by atoms with Crippen LogP contribution in [0.25, 0.3) is 0 Å². The zero-order chi connectivity index (χ0) is 15.3. The summed E-state index contributed by atoms with van der Waals surface area (Å²) in [4.78, 5) is 24.3. The van der Waals surface area contributed by atoms with Gasteiger partial charge in [-0.2, -0.15) is 0 Å². The van der Waals surface area contributed by atoms with Crippen molar-refractivity contribution in [3.63, 3.8) is 0 Å². The van der Waals surface area contributed by atoms with Crippen LogP contribution in [0.1, 0.15) is 18.9 Å². The molecule has 1 amide bonds. The van der Waals surface area contributed by atoms with Crippen LogP contribution >= 0.6 is 12.4 Å². The minimum absolute atomic E-state index is 0. The van der Waals surface area contributed by atoms with Crippen molar-refractivity contribution in [2.75, 3.05) is 20.2 Å². The van der Waals surface area contributed by atoms with E-state index in [0.717, 1.165) is 18.5 Å². The molecule has 0 bridgehead atoms. The van der Waals surface area contributed by atoms with Gasteiger partial charge in [-0.3, -0.25) is 4.79 Å². The topological polar surface area (TPSA) is 67.4 Å². The average Bonchev–Trinajstić information content (AvgIpc) is 2.95. The number of ether oxygens (including phenoxy) is 1. The first kappa shape index (κ1) is 18.5. The number of hydrogen-bond acceptors (Lipinski definition) is 4.